The number of methoxy groups -OCH3 is 1. The molecule has 0 unspecified atom stereocenters. The molecule has 0 atom stereocenters. The molecule has 0 aliphatic heterocycles. The molecule has 3 aromatic rings. The number of hydrogen-bond acceptors (Lipinski definition) is 4. The van der Waals surface area contributed by atoms with Gasteiger partial charge in [-0.15, -0.1) is 11.3 Å². The number of nitrogens with zero attached hydrogens (tertiary/aromatic N) is 1. The van der Waals surface area contributed by atoms with Gasteiger partial charge in [-0.05, 0) is 23.8 Å². The lowest BCUT2D eigenvalue weighted by molar-refractivity contribution is -0.115. The molecule has 2 aromatic carbocycles. The molecule has 3 rings (SSSR count). The quantitative estimate of drug-likeness (QED) is 0.758. The Morgan fingerprint density at radius 2 is 2.04 bits per heavy atom. The summed E-state index contributed by atoms with van der Waals surface area (Å²) in [5.41, 5.74) is 2.17. The number of anilines is 1. The molecule has 0 bridgehead atoms. The number of halogens is 1. The predicted octanol–water partition coefficient (Wildman–Crippen LogP) is 4.14. The fourth-order valence-corrected chi connectivity index (χ4v) is 2.97. The van der Waals surface area contributed by atoms with E-state index in [1.54, 1.807) is 17.5 Å². The second-order valence-corrected chi connectivity index (χ2v) is 5.96. The number of rotatable bonds is 5. The highest BCUT2D eigenvalue weighted by Gasteiger charge is 2.11. The van der Waals surface area contributed by atoms with Crippen molar-refractivity contribution in [1.29, 1.82) is 0 Å². The summed E-state index contributed by atoms with van der Waals surface area (Å²) < 4.78 is 18.7. The van der Waals surface area contributed by atoms with Crippen molar-refractivity contribution in [2.75, 3.05) is 12.4 Å². The summed E-state index contributed by atoms with van der Waals surface area (Å²) in [4.78, 5) is 16.4. The lowest BCUT2D eigenvalue weighted by Gasteiger charge is -2.03. The Balaban J connectivity index is 1.69. The summed E-state index contributed by atoms with van der Waals surface area (Å²) in [5.74, 6) is -0.397. The third-order valence-corrected chi connectivity index (χ3v) is 4.16. The molecule has 0 aliphatic carbocycles. The Morgan fingerprint density at radius 3 is 2.75 bits per heavy atom. The van der Waals surface area contributed by atoms with Crippen LogP contribution in [-0.2, 0) is 11.2 Å². The summed E-state index contributed by atoms with van der Waals surface area (Å²) in [7, 11) is 1.42. The Hall–Kier alpha value is -2.73. The SMILES string of the molecule is COc1ccc(-c2csc(NC(=O)Cc3ccccc3)n2)cc1F. The van der Waals surface area contributed by atoms with E-state index in [-0.39, 0.29) is 18.1 Å². The van der Waals surface area contributed by atoms with Crippen molar-refractivity contribution in [1.82, 2.24) is 4.98 Å². The van der Waals surface area contributed by atoms with Crippen LogP contribution in [0.1, 0.15) is 5.56 Å². The lowest BCUT2D eigenvalue weighted by atomic mass is 10.1. The van der Waals surface area contributed by atoms with Crippen LogP contribution in [0, 0.1) is 5.82 Å². The predicted molar refractivity (Wildman–Crippen MR) is 92.8 cm³/mol. The number of carbonyl (C=O) groups excluding carboxylic acids is 1. The molecule has 122 valence electrons. The number of amides is 1. The monoisotopic (exact) mass is 342 g/mol. The Bertz CT molecular complexity index is 849. The number of ether oxygens (including phenoxy) is 1. The number of aromatic nitrogens is 1. The standard InChI is InChI=1S/C18H15FN2O2S/c1-23-16-8-7-13(10-14(16)19)15-11-24-18(20-15)21-17(22)9-12-5-3-2-4-6-12/h2-8,10-11H,9H2,1H3,(H,20,21,22). The molecule has 1 amide bonds. The molecule has 1 heterocycles. The van der Waals surface area contributed by atoms with Crippen molar-refractivity contribution in [3.8, 4) is 17.0 Å². The van der Waals surface area contributed by atoms with Gasteiger partial charge in [-0.1, -0.05) is 30.3 Å². The van der Waals surface area contributed by atoms with Crippen molar-refractivity contribution in [3.05, 3.63) is 65.3 Å². The van der Waals surface area contributed by atoms with E-state index in [1.807, 2.05) is 30.3 Å². The van der Waals surface area contributed by atoms with Crippen molar-refractivity contribution in [2.45, 2.75) is 6.42 Å². The van der Waals surface area contributed by atoms with Crippen LogP contribution >= 0.6 is 11.3 Å². The summed E-state index contributed by atoms with van der Waals surface area (Å²) in [6.45, 7) is 0. The van der Waals surface area contributed by atoms with Crippen LogP contribution < -0.4 is 10.1 Å². The number of thiazole rings is 1. The Labute approximate surface area is 142 Å². The average molecular weight is 342 g/mol. The normalized spacial score (nSPS) is 10.4. The first kappa shape index (κ1) is 16.1. The molecule has 0 radical (unpaired) electrons. The van der Waals surface area contributed by atoms with Gasteiger partial charge in [0.2, 0.25) is 5.91 Å². The van der Waals surface area contributed by atoms with E-state index in [0.717, 1.165) is 5.56 Å². The van der Waals surface area contributed by atoms with Crippen molar-refractivity contribution >= 4 is 22.4 Å². The van der Waals surface area contributed by atoms with Gasteiger partial charge in [0.15, 0.2) is 16.7 Å². The average Bonchev–Trinajstić information content (AvgIpc) is 3.04. The maximum absolute atomic E-state index is 13.8. The minimum absolute atomic E-state index is 0.136. The van der Waals surface area contributed by atoms with Gasteiger partial charge in [0.1, 0.15) is 0 Å². The first-order chi connectivity index (χ1) is 11.7. The number of hydrogen-bond donors (Lipinski definition) is 1. The Kier molecular flexibility index (Phi) is 4.86. The smallest absolute Gasteiger partial charge is 0.230 e. The fraction of sp³-hybridized carbons (Fsp3) is 0.111. The molecule has 0 saturated carbocycles. The number of benzene rings is 2. The van der Waals surface area contributed by atoms with E-state index < -0.39 is 5.82 Å². The van der Waals surface area contributed by atoms with Crippen LogP contribution in [0.5, 0.6) is 5.75 Å². The van der Waals surface area contributed by atoms with Crippen LogP contribution in [0.25, 0.3) is 11.3 Å². The third-order valence-electron chi connectivity index (χ3n) is 3.41. The van der Waals surface area contributed by atoms with Gasteiger partial charge in [0.25, 0.3) is 0 Å². The molecule has 6 heteroatoms. The molecule has 0 aliphatic rings. The van der Waals surface area contributed by atoms with Crippen molar-refractivity contribution in [2.24, 2.45) is 0 Å². The number of carbonyl (C=O) groups is 1. The van der Waals surface area contributed by atoms with Crippen LogP contribution in [0.4, 0.5) is 9.52 Å². The summed E-state index contributed by atoms with van der Waals surface area (Å²) in [6, 6.07) is 14.1. The maximum Gasteiger partial charge on any atom is 0.230 e. The zero-order valence-corrected chi connectivity index (χ0v) is 13.8. The largest absolute Gasteiger partial charge is 0.494 e. The minimum Gasteiger partial charge on any atom is -0.494 e. The summed E-state index contributed by atoms with van der Waals surface area (Å²) >= 11 is 1.30. The van der Waals surface area contributed by atoms with Crippen LogP contribution in [0.15, 0.2) is 53.9 Å². The fourth-order valence-electron chi connectivity index (χ4n) is 2.23. The van der Waals surface area contributed by atoms with Crippen LogP contribution in [0.2, 0.25) is 0 Å². The zero-order valence-electron chi connectivity index (χ0n) is 13.0. The molecular formula is C18H15FN2O2S. The van der Waals surface area contributed by atoms with E-state index >= 15 is 0 Å². The van der Waals surface area contributed by atoms with Gasteiger partial charge >= 0.3 is 0 Å². The molecular weight excluding hydrogens is 327 g/mol. The third kappa shape index (κ3) is 3.78. The highest BCUT2D eigenvalue weighted by molar-refractivity contribution is 7.14. The highest BCUT2D eigenvalue weighted by Crippen LogP contribution is 2.28. The zero-order chi connectivity index (χ0) is 16.9. The van der Waals surface area contributed by atoms with E-state index in [9.17, 15) is 9.18 Å². The van der Waals surface area contributed by atoms with E-state index in [4.69, 9.17) is 4.74 Å². The second kappa shape index (κ2) is 7.23. The molecule has 0 saturated heterocycles. The molecule has 1 aromatic heterocycles. The van der Waals surface area contributed by atoms with Crippen LogP contribution in [0.3, 0.4) is 0 Å². The Morgan fingerprint density at radius 1 is 1.25 bits per heavy atom. The maximum atomic E-state index is 13.8. The van der Waals surface area contributed by atoms with Gasteiger partial charge < -0.3 is 10.1 Å². The van der Waals surface area contributed by atoms with Gasteiger partial charge in [-0.2, -0.15) is 0 Å². The van der Waals surface area contributed by atoms with Gasteiger partial charge in [0, 0.05) is 10.9 Å². The van der Waals surface area contributed by atoms with Gasteiger partial charge in [-0.3, -0.25) is 4.79 Å². The van der Waals surface area contributed by atoms with Crippen LogP contribution in [-0.4, -0.2) is 18.0 Å². The van der Waals surface area contributed by atoms with Gasteiger partial charge in [-0.25, -0.2) is 9.37 Å². The first-order valence-corrected chi connectivity index (χ1v) is 8.17. The lowest BCUT2D eigenvalue weighted by Crippen LogP contribution is -2.14. The van der Waals surface area contributed by atoms with E-state index in [0.29, 0.717) is 16.4 Å². The highest BCUT2D eigenvalue weighted by atomic mass is 32.1. The summed E-state index contributed by atoms with van der Waals surface area (Å²) in [5, 5.41) is 5.03. The molecule has 4 nitrogen and oxygen atoms in total. The minimum atomic E-state index is -0.447. The van der Waals surface area contributed by atoms with E-state index in [1.165, 1.54) is 24.5 Å². The first-order valence-electron chi connectivity index (χ1n) is 7.29. The van der Waals surface area contributed by atoms with Crippen molar-refractivity contribution < 1.29 is 13.9 Å². The van der Waals surface area contributed by atoms with E-state index in [2.05, 4.69) is 10.3 Å². The molecule has 0 fully saturated rings. The molecule has 1 N–H and O–H groups in total. The summed E-state index contributed by atoms with van der Waals surface area (Å²) in [6.07, 6.45) is 0.285. The number of nitrogens with one attached hydrogen (secondary N) is 1. The van der Waals surface area contributed by atoms with Crippen molar-refractivity contribution in [3.63, 3.8) is 0 Å². The topological polar surface area (TPSA) is 51.2 Å². The second-order valence-electron chi connectivity index (χ2n) is 5.10. The molecule has 24 heavy (non-hydrogen) atoms. The van der Waals surface area contributed by atoms with Gasteiger partial charge in [0.05, 0.1) is 19.2 Å². The molecule has 0 spiro atoms.